The number of aromatic nitrogens is 3. The molecule has 0 radical (unpaired) electrons. The molecule has 2 heterocycles. The molecule has 2 aliphatic rings. The molecular formula is C18H19F3N4O. The minimum absolute atomic E-state index is 0.133. The quantitative estimate of drug-likeness (QED) is 0.903. The Labute approximate surface area is 148 Å². The lowest BCUT2D eigenvalue weighted by atomic mass is 10.0. The minimum Gasteiger partial charge on any atom is -0.345 e. The van der Waals surface area contributed by atoms with Gasteiger partial charge in [0.25, 0.3) is 5.91 Å². The number of carbonyl (C=O) groups excluding carboxylic acids is 1. The van der Waals surface area contributed by atoms with Crippen molar-refractivity contribution in [3.05, 3.63) is 47.0 Å². The summed E-state index contributed by atoms with van der Waals surface area (Å²) in [4.78, 5) is 16.5. The van der Waals surface area contributed by atoms with Gasteiger partial charge in [-0.25, -0.2) is 9.67 Å². The van der Waals surface area contributed by atoms with Crippen LogP contribution >= 0.6 is 0 Å². The third kappa shape index (κ3) is 3.32. The van der Waals surface area contributed by atoms with E-state index in [0.717, 1.165) is 35.9 Å². The number of alkyl halides is 3. The van der Waals surface area contributed by atoms with E-state index in [4.69, 9.17) is 0 Å². The molecule has 0 spiro atoms. The number of fused-ring (bicyclic) bond motifs is 1. The number of hydrogen-bond acceptors (Lipinski definition) is 3. The van der Waals surface area contributed by atoms with Crippen molar-refractivity contribution in [2.24, 2.45) is 0 Å². The van der Waals surface area contributed by atoms with E-state index in [-0.39, 0.29) is 30.1 Å². The SMILES string of the molecule is O=C1N[C@H](Cc2nc(C3CCCC3)nn2CC(F)(F)F)c2ccccc21. The van der Waals surface area contributed by atoms with E-state index < -0.39 is 12.7 Å². The molecular weight excluding hydrogens is 345 g/mol. The molecule has 2 aromatic rings. The van der Waals surface area contributed by atoms with Gasteiger partial charge in [-0.1, -0.05) is 31.0 Å². The number of halogens is 3. The predicted octanol–water partition coefficient (Wildman–Crippen LogP) is 3.53. The summed E-state index contributed by atoms with van der Waals surface area (Å²) in [5.41, 5.74) is 1.36. The summed E-state index contributed by atoms with van der Waals surface area (Å²) in [6, 6.07) is 6.74. The Morgan fingerprint density at radius 1 is 1.19 bits per heavy atom. The van der Waals surface area contributed by atoms with Crippen LogP contribution in [0.5, 0.6) is 0 Å². The van der Waals surface area contributed by atoms with Crippen LogP contribution in [-0.2, 0) is 13.0 Å². The first-order chi connectivity index (χ1) is 12.4. The van der Waals surface area contributed by atoms with Crippen molar-refractivity contribution in [3.63, 3.8) is 0 Å². The summed E-state index contributed by atoms with van der Waals surface area (Å²) in [5.74, 6) is 0.697. The number of benzene rings is 1. The number of rotatable bonds is 4. The van der Waals surface area contributed by atoms with E-state index in [9.17, 15) is 18.0 Å². The molecule has 26 heavy (non-hydrogen) atoms. The Bertz CT molecular complexity index is 824. The molecule has 138 valence electrons. The molecule has 0 unspecified atom stereocenters. The normalized spacial score (nSPS) is 20.4. The molecule has 1 aliphatic carbocycles. The second-order valence-electron chi connectivity index (χ2n) is 6.96. The van der Waals surface area contributed by atoms with Crippen LogP contribution in [0.15, 0.2) is 24.3 Å². The lowest BCUT2D eigenvalue weighted by molar-refractivity contribution is -0.143. The van der Waals surface area contributed by atoms with Gasteiger partial charge in [-0.15, -0.1) is 0 Å². The average Bonchev–Trinajstić information content (AvgIpc) is 3.28. The van der Waals surface area contributed by atoms with Crippen LogP contribution in [0, 0.1) is 0 Å². The van der Waals surface area contributed by atoms with Gasteiger partial charge in [0.2, 0.25) is 0 Å². The van der Waals surface area contributed by atoms with Crippen LogP contribution in [0.3, 0.4) is 0 Å². The molecule has 0 saturated heterocycles. The number of amides is 1. The molecule has 1 amide bonds. The third-order valence-electron chi connectivity index (χ3n) is 5.09. The predicted molar refractivity (Wildman–Crippen MR) is 87.6 cm³/mol. The van der Waals surface area contributed by atoms with Crippen molar-refractivity contribution in [3.8, 4) is 0 Å². The number of carbonyl (C=O) groups is 1. The van der Waals surface area contributed by atoms with E-state index in [0.29, 0.717) is 11.4 Å². The van der Waals surface area contributed by atoms with Crippen molar-refractivity contribution < 1.29 is 18.0 Å². The van der Waals surface area contributed by atoms with Gasteiger partial charge in [0.05, 0.1) is 6.04 Å². The van der Waals surface area contributed by atoms with E-state index in [1.165, 1.54) is 0 Å². The van der Waals surface area contributed by atoms with Gasteiger partial charge >= 0.3 is 6.18 Å². The summed E-state index contributed by atoms with van der Waals surface area (Å²) >= 11 is 0. The summed E-state index contributed by atoms with van der Waals surface area (Å²) in [6.45, 7) is -1.16. The second kappa shape index (κ2) is 6.41. The Hall–Kier alpha value is -2.38. The van der Waals surface area contributed by atoms with Crippen molar-refractivity contribution in [2.45, 2.75) is 56.8 Å². The van der Waals surface area contributed by atoms with Gasteiger partial charge in [0.15, 0.2) is 5.82 Å². The second-order valence-corrected chi connectivity index (χ2v) is 6.96. The molecule has 1 N–H and O–H groups in total. The Morgan fingerprint density at radius 3 is 2.65 bits per heavy atom. The molecule has 1 aromatic heterocycles. The molecule has 8 heteroatoms. The fraction of sp³-hybridized carbons (Fsp3) is 0.500. The molecule has 4 rings (SSSR count). The first-order valence-corrected chi connectivity index (χ1v) is 8.81. The fourth-order valence-corrected chi connectivity index (χ4v) is 3.86. The highest BCUT2D eigenvalue weighted by molar-refractivity contribution is 5.99. The number of nitrogens with one attached hydrogen (secondary N) is 1. The van der Waals surface area contributed by atoms with Gasteiger partial charge in [-0.2, -0.15) is 18.3 Å². The van der Waals surface area contributed by atoms with Crippen molar-refractivity contribution in [2.75, 3.05) is 0 Å². The molecule has 1 aliphatic heterocycles. The van der Waals surface area contributed by atoms with E-state index in [1.54, 1.807) is 12.1 Å². The zero-order valence-corrected chi connectivity index (χ0v) is 14.1. The highest BCUT2D eigenvalue weighted by Crippen LogP contribution is 2.34. The van der Waals surface area contributed by atoms with Gasteiger partial charge in [0, 0.05) is 17.9 Å². The zero-order valence-electron chi connectivity index (χ0n) is 14.1. The van der Waals surface area contributed by atoms with Gasteiger partial charge in [-0.3, -0.25) is 4.79 Å². The smallest absolute Gasteiger partial charge is 0.345 e. The summed E-state index contributed by atoms with van der Waals surface area (Å²) < 4.78 is 39.9. The van der Waals surface area contributed by atoms with Crippen molar-refractivity contribution in [1.82, 2.24) is 20.1 Å². The maximum atomic E-state index is 13.0. The van der Waals surface area contributed by atoms with Gasteiger partial charge in [-0.05, 0) is 24.5 Å². The minimum atomic E-state index is -4.37. The fourth-order valence-electron chi connectivity index (χ4n) is 3.86. The number of nitrogens with zero attached hydrogens (tertiary/aromatic N) is 3. The lowest BCUT2D eigenvalue weighted by Crippen LogP contribution is -2.25. The Kier molecular flexibility index (Phi) is 4.20. The number of hydrogen-bond donors (Lipinski definition) is 1. The summed E-state index contributed by atoms with van der Waals surface area (Å²) in [6.07, 6.45) is -0.235. The Morgan fingerprint density at radius 2 is 1.92 bits per heavy atom. The molecule has 1 saturated carbocycles. The molecule has 0 bridgehead atoms. The van der Waals surface area contributed by atoms with Crippen LogP contribution in [0.1, 0.15) is 65.2 Å². The average molecular weight is 364 g/mol. The summed E-state index contributed by atoms with van der Waals surface area (Å²) in [5, 5.41) is 7.00. The van der Waals surface area contributed by atoms with Crippen molar-refractivity contribution >= 4 is 5.91 Å². The lowest BCUT2D eigenvalue weighted by Gasteiger charge is -2.13. The van der Waals surface area contributed by atoms with Crippen LogP contribution in [0.4, 0.5) is 13.2 Å². The largest absolute Gasteiger partial charge is 0.408 e. The van der Waals surface area contributed by atoms with Crippen molar-refractivity contribution in [1.29, 1.82) is 0 Å². The highest BCUT2D eigenvalue weighted by atomic mass is 19.4. The third-order valence-corrected chi connectivity index (χ3v) is 5.09. The first-order valence-electron chi connectivity index (χ1n) is 8.81. The maximum Gasteiger partial charge on any atom is 0.408 e. The molecule has 5 nitrogen and oxygen atoms in total. The van der Waals surface area contributed by atoms with Crippen LogP contribution in [0.2, 0.25) is 0 Å². The topological polar surface area (TPSA) is 59.8 Å². The zero-order chi connectivity index (χ0) is 18.3. The first kappa shape index (κ1) is 17.1. The molecule has 1 fully saturated rings. The highest BCUT2D eigenvalue weighted by Gasteiger charge is 2.34. The molecule has 1 aromatic carbocycles. The van der Waals surface area contributed by atoms with E-state index in [1.807, 2.05) is 12.1 Å². The van der Waals surface area contributed by atoms with Crippen LogP contribution in [0.25, 0.3) is 0 Å². The van der Waals surface area contributed by atoms with Gasteiger partial charge < -0.3 is 5.32 Å². The van der Waals surface area contributed by atoms with E-state index in [2.05, 4.69) is 15.4 Å². The van der Waals surface area contributed by atoms with Crippen LogP contribution in [-0.4, -0.2) is 26.8 Å². The Balaban J connectivity index is 1.63. The standard InChI is InChI=1S/C18H19F3N4O/c19-18(20,21)10-25-15(23-16(24-25)11-5-1-2-6-11)9-14-12-7-3-4-8-13(12)17(26)22-14/h3-4,7-8,11,14H,1-2,5-6,9-10H2,(H,22,26)/t14-/m1/s1. The summed E-state index contributed by atoms with van der Waals surface area (Å²) in [7, 11) is 0. The van der Waals surface area contributed by atoms with Gasteiger partial charge in [0.1, 0.15) is 12.4 Å². The molecule has 1 atom stereocenters. The van der Waals surface area contributed by atoms with E-state index >= 15 is 0 Å². The monoisotopic (exact) mass is 364 g/mol. The van der Waals surface area contributed by atoms with Crippen LogP contribution < -0.4 is 5.32 Å². The maximum absolute atomic E-state index is 13.0.